The molecule has 14 nitrogen and oxygen atoms in total. The van der Waals surface area contributed by atoms with E-state index in [1.165, 1.54) is 0 Å². The van der Waals surface area contributed by atoms with Crippen LogP contribution in [0.2, 0.25) is 19.6 Å². The maximum Gasteiger partial charge on any atom is 0.264 e. The summed E-state index contributed by atoms with van der Waals surface area (Å²) >= 11 is 0. The molecule has 1 aromatic carbocycles. The summed E-state index contributed by atoms with van der Waals surface area (Å²) in [6.45, 7) is 13.1. The fraction of sp³-hybridized carbons (Fsp3) is 0.667. The van der Waals surface area contributed by atoms with Gasteiger partial charge in [0.05, 0.1) is 97.0 Å². The van der Waals surface area contributed by atoms with Crippen molar-refractivity contribution in [3.8, 4) is 0 Å². The van der Waals surface area contributed by atoms with Crippen LogP contribution in [0.4, 0.5) is 5.69 Å². The van der Waals surface area contributed by atoms with Crippen LogP contribution >= 0.6 is 0 Å². The SMILES string of the molecule is C[Si](C)(C)OCCOCCOCCOCCOCCOCCOCCNc1cccc2c1C(=O)N(C1CCC(=O)NC1=O)C2=O. The Bertz CT molecular complexity index is 1120. The summed E-state index contributed by atoms with van der Waals surface area (Å²) in [6, 6.07) is 3.92. The molecule has 2 heterocycles. The molecule has 2 aliphatic heterocycles. The number of amides is 4. The molecule has 1 fully saturated rings. The molecule has 1 unspecified atom stereocenters. The van der Waals surface area contributed by atoms with Crippen LogP contribution in [0.15, 0.2) is 18.2 Å². The van der Waals surface area contributed by atoms with Crippen molar-refractivity contribution in [2.24, 2.45) is 0 Å². The van der Waals surface area contributed by atoms with E-state index in [4.69, 9.17) is 32.8 Å². The highest BCUT2D eigenvalue weighted by molar-refractivity contribution is 6.69. The van der Waals surface area contributed by atoms with Crippen molar-refractivity contribution in [1.29, 1.82) is 0 Å². The minimum absolute atomic E-state index is 0.0715. The lowest BCUT2D eigenvalue weighted by Gasteiger charge is -2.27. The number of nitrogens with one attached hydrogen (secondary N) is 2. The van der Waals surface area contributed by atoms with Crippen LogP contribution in [-0.4, -0.2) is 135 Å². The number of rotatable bonds is 24. The molecule has 2 aliphatic rings. The van der Waals surface area contributed by atoms with Crippen LogP contribution in [-0.2, 0) is 42.4 Å². The third-order valence-corrected chi connectivity index (χ3v) is 7.72. The molecular formula is C30H47N3O11Si. The van der Waals surface area contributed by atoms with E-state index in [0.717, 1.165) is 4.90 Å². The lowest BCUT2D eigenvalue weighted by Crippen LogP contribution is -2.54. The summed E-state index contributed by atoms with van der Waals surface area (Å²) in [5.74, 6) is -2.15. The van der Waals surface area contributed by atoms with E-state index in [1.807, 2.05) is 0 Å². The summed E-state index contributed by atoms with van der Waals surface area (Å²) in [5, 5.41) is 5.33. The van der Waals surface area contributed by atoms with Crippen molar-refractivity contribution >= 4 is 37.6 Å². The Morgan fingerprint density at radius 2 is 1.24 bits per heavy atom. The highest BCUT2D eigenvalue weighted by Crippen LogP contribution is 2.32. The first kappa shape index (κ1) is 36.7. The summed E-state index contributed by atoms with van der Waals surface area (Å²) in [4.78, 5) is 50.7. The van der Waals surface area contributed by atoms with Crippen molar-refractivity contribution in [2.75, 3.05) is 97.8 Å². The molecule has 252 valence electrons. The standard InChI is InChI=1S/C30H47N3O11Si/c1-45(2,3)44-22-21-43-20-19-42-18-17-41-16-15-40-14-13-39-12-11-38-10-9-31-24-6-4-5-23-27(24)30(37)33(29(23)36)25-7-8-26(34)32-28(25)35/h4-6,25,31H,7-22H2,1-3H3,(H,32,34,35). The number of nitrogens with zero attached hydrogens (tertiary/aromatic N) is 1. The Balaban J connectivity index is 1.13. The topological polar surface area (TPSA) is 160 Å². The van der Waals surface area contributed by atoms with Crippen LogP contribution in [0.25, 0.3) is 0 Å². The van der Waals surface area contributed by atoms with E-state index < -0.39 is 38.0 Å². The van der Waals surface area contributed by atoms with Crippen LogP contribution in [0.1, 0.15) is 33.6 Å². The lowest BCUT2D eigenvalue weighted by molar-refractivity contribution is -0.136. The van der Waals surface area contributed by atoms with Gasteiger partial charge >= 0.3 is 0 Å². The third kappa shape index (κ3) is 12.9. The fourth-order valence-electron chi connectivity index (χ4n) is 4.53. The number of carbonyl (C=O) groups excluding carboxylic acids is 4. The molecule has 0 aromatic heterocycles. The first-order valence-corrected chi connectivity index (χ1v) is 18.8. The van der Waals surface area contributed by atoms with Crippen LogP contribution in [0.5, 0.6) is 0 Å². The van der Waals surface area contributed by atoms with Crippen LogP contribution < -0.4 is 10.6 Å². The molecule has 45 heavy (non-hydrogen) atoms. The predicted molar refractivity (Wildman–Crippen MR) is 166 cm³/mol. The molecule has 0 spiro atoms. The van der Waals surface area contributed by atoms with Gasteiger partial charge in [0.25, 0.3) is 11.8 Å². The van der Waals surface area contributed by atoms with Gasteiger partial charge in [0, 0.05) is 18.7 Å². The first-order chi connectivity index (χ1) is 21.7. The summed E-state index contributed by atoms with van der Waals surface area (Å²) < 4.78 is 38.7. The summed E-state index contributed by atoms with van der Waals surface area (Å²) in [6.07, 6.45) is 0.181. The van der Waals surface area contributed by atoms with Gasteiger partial charge in [-0.25, -0.2) is 0 Å². The minimum Gasteiger partial charge on any atom is -0.415 e. The quantitative estimate of drug-likeness (QED) is 0.0941. The van der Waals surface area contributed by atoms with Gasteiger partial charge < -0.3 is 38.2 Å². The number of anilines is 1. The van der Waals surface area contributed by atoms with Crippen molar-refractivity contribution in [2.45, 2.75) is 38.5 Å². The van der Waals surface area contributed by atoms with Gasteiger partial charge in [-0.15, -0.1) is 0 Å². The number of hydrogen-bond acceptors (Lipinski definition) is 12. The van der Waals surface area contributed by atoms with Gasteiger partial charge in [0.1, 0.15) is 6.04 Å². The van der Waals surface area contributed by atoms with E-state index in [-0.39, 0.29) is 24.0 Å². The van der Waals surface area contributed by atoms with E-state index in [9.17, 15) is 19.2 Å². The van der Waals surface area contributed by atoms with E-state index in [0.29, 0.717) is 98.1 Å². The Morgan fingerprint density at radius 1 is 0.733 bits per heavy atom. The minimum atomic E-state index is -1.47. The van der Waals surface area contributed by atoms with Crippen LogP contribution in [0.3, 0.4) is 0 Å². The number of fused-ring (bicyclic) bond motifs is 1. The summed E-state index contributed by atoms with van der Waals surface area (Å²) in [7, 11) is -1.47. The van der Waals surface area contributed by atoms with Gasteiger partial charge in [-0.3, -0.25) is 29.4 Å². The second-order valence-electron chi connectivity index (χ2n) is 11.2. The molecular weight excluding hydrogens is 606 g/mol. The van der Waals surface area contributed by atoms with Crippen LogP contribution in [0, 0.1) is 0 Å². The number of imide groups is 2. The number of benzene rings is 1. The Morgan fingerprint density at radius 3 is 1.76 bits per heavy atom. The molecule has 4 amide bonds. The van der Waals surface area contributed by atoms with Crippen molar-refractivity contribution in [1.82, 2.24) is 10.2 Å². The largest absolute Gasteiger partial charge is 0.415 e. The Hall–Kier alpha value is -2.76. The van der Waals surface area contributed by atoms with Crippen molar-refractivity contribution < 1.29 is 52.0 Å². The smallest absolute Gasteiger partial charge is 0.264 e. The predicted octanol–water partition coefficient (Wildman–Crippen LogP) is 1.45. The second-order valence-corrected chi connectivity index (χ2v) is 15.8. The number of hydrogen-bond donors (Lipinski definition) is 2. The zero-order chi connectivity index (χ0) is 32.5. The molecule has 3 rings (SSSR count). The first-order valence-electron chi connectivity index (χ1n) is 15.4. The monoisotopic (exact) mass is 653 g/mol. The van der Waals surface area contributed by atoms with Gasteiger partial charge in [-0.1, -0.05) is 6.07 Å². The molecule has 15 heteroatoms. The molecule has 2 N–H and O–H groups in total. The zero-order valence-electron chi connectivity index (χ0n) is 26.6. The average molecular weight is 654 g/mol. The van der Waals surface area contributed by atoms with Gasteiger partial charge in [0.2, 0.25) is 11.8 Å². The lowest BCUT2D eigenvalue weighted by atomic mass is 10.0. The maximum atomic E-state index is 13.1. The molecule has 0 aliphatic carbocycles. The van der Waals surface area contributed by atoms with E-state index in [1.54, 1.807) is 18.2 Å². The molecule has 0 saturated carbocycles. The number of carbonyl (C=O) groups is 4. The highest BCUT2D eigenvalue weighted by Gasteiger charge is 2.45. The molecule has 1 aromatic rings. The highest BCUT2D eigenvalue weighted by atomic mass is 28.4. The van der Waals surface area contributed by atoms with Gasteiger partial charge in [0.15, 0.2) is 8.32 Å². The van der Waals surface area contributed by atoms with Gasteiger partial charge in [-0.2, -0.15) is 0 Å². The molecule has 0 bridgehead atoms. The maximum absolute atomic E-state index is 13.1. The van der Waals surface area contributed by atoms with Crippen molar-refractivity contribution in [3.63, 3.8) is 0 Å². The molecule has 1 atom stereocenters. The summed E-state index contributed by atoms with van der Waals surface area (Å²) in [5.41, 5.74) is 0.927. The molecule has 0 radical (unpaired) electrons. The van der Waals surface area contributed by atoms with Crippen molar-refractivity contribution in [3.05, 3.63) is 29.3 Å². The average Bonchev–Trinajstić information content (AvgIpc) is 3.25. The number of ether oxygens (including phenoxy) is 6. The normalized spacial score (nSPS) is 16.8. The second kappa shape index (κ2) is 19.7. The number of piperidine rings is 1. The molecule has 1 saturated heterocycles. The van der Waals surface area contributed by atoms with E-state index in [2.05, 4.69) is 30.3 Å². The van der Waals surface area contributed by atoms with Gasteiger partial charge in [-0.05, 0) is 38.2 Å². The Labute approximate surface area is 265 Å². The Kier molecular flexibility index (Phi) is 16.1. The zero-order valence-corrected chi connectivity index (χ0v) is 27.6. The van der Waals surface area contributed by atoms with E-state index >= 15 is 0 Å². The fourth-order valence-corrected chi connectivity index (χ4v) is 5.22. The third-order valence-electron chi connectivity index (χ3n) is 6.65.